The predicted molar refractivity (Wildman–Crippen MR) is 192 cm³/mol. The van der Waals surface area contributed by atoms with Gasteiger partial charge in [0.1, 0.15) is 11.5 Å². The van der Waals surface area contributed by atoms with E-state index in [1.165, 1.54) is 12.4 Å². The fourth-order valence-corrected chi connectivity index (χ4v) is 6.03. The van der Waals surface area contributed by atoms with E-state index in [-0.39, 0.29) is 22.6 Å². The van der Waals surface area contributed by atoms with Crippen LogP contribution in [0, 0.1) is 13.8 Å². The molecule has 2 aromatic carbocycles. The second-order valence-electron chi connectivity index (χ2n) is 13.1. The smallest absolute Gasteiger partial charge is 0.416 e. The molecule has 2 N–H and O–H groups in total. The number of ether oxygens (including phenoxy) is 2. The van der Waals surface area contributed by atoms with Crippen molar-refractivity contribution in [2.24, 2.45) is 0 Å². The Morgan fingerprint density at radius 2 is 1.04 bits per heavy atom. The van der Waals surface area contributed by atoms with E-state index in [0.29, 0.717) is 34.4 Å². The van der Waals surface area contributed by atoms with Gasteiger partial charge in [0, 0.05) is 73.9 Å². The minimum absolute atomic E-state index is 0.0273. The zero-order valence-corrected chi connectivity index (χ0v) is 30.6. The van der Waals surface area contributed by atoms with Crippen LogP contribution in [0.2, 0.25) is 0 Å². The Bertz CT molecular complexity index is 2030. The van der Waals surface area contributed by atoms with Gasteiger partial charge >= 0.3 is 24.3 Å². The van der Waals surface area contributed by atoms with E-state index < -0.39 is 48.6 Å². The number of carboxylic acids is 2. The lowest BCUT2D eigenvalue weighted by molar-refractivity contribution is -0.140. The van der Waals surface area contributed by atoms with Crippen LogP contribution in [0.1, 0.15) is 35.4 Å². The normalized spacial score (nSPS) is 14.9. The highest BCUT2D eigenvalue weighted by atomic mass is 19.4. The van der Waals surface area contributed by atoms with E-state index in [0.717, 1.165) is 88.5 Å². The van der Waals surface area contributed by atoms with Gasteiger partial charge in [-0.2, -0.15) is 26.3 Å². The van der Waals surface area contributed by atoms with Crippen LogP contribution in [0.4, 0.5) is 38.2 Å². The molecule has 0 unspecified atom stereocenters. The standard InChI is InChI=1S/C19H21F3N4O3.C18H18F3N3O3/c1-12-15(10-23-18(24-12)26-7-5-25(2)6-8-26)14-9-13(19(20,21)22)3-4-16(14)29-11-17(27)28;1-11-14(9-22-17(23-11)24-6-2-3-7-24)13-8-12(18(19,20)21)4-5-15(13)27-10-16(25)26/h3-4,9-10H,5-8,11H2,1-2H3,(H,27,28);4-5,8-9H,2-3,6-7,10H2,1H3,(H,25,26). The number of piperazine rings is 1. The van der Waals surface area contributed by atoms with Crippen molar-refractivity contribution in [3.63, 3.8) is 0 Å². The number of aliphatic carboxylic acids is 2. The molecule has 2 aliphatic heterocycles. The van der Waals surface area contributed by atoms with Gasteiger partial charge in [-0.25, -0.2) is 29.5 Å². The van der Waals surface area contributed by atoms with Crippen molar-refractivity contribution in [2.75, 3.05) is 69.3 Å². The van der Waals surface area contributed by atoms with Gasteiger partial charge in [0.25, 0.3) is 0 Å². The SMILES string of the molecule is Cc1nc(N2CCCC2)ncc1-c1cc(C(F)(F)F)ccc1OCC(=O)O.Cc1nc(N2CCN(C)CC2)ncc1-c1cc(C(F)(F)F)ccc1OCC(=O)O. The topological polar surface area (TPSA) is 154 Å². The quantitative estimate of drug-likeness (QED) is 0.175. The molecule has 2 aromatic heterocycles. The number of anilines is 2. The molecule has 0 radical (unpaired) electrons. The van der Waals surface area contributed by atoms with Crippen LogP contribution in [0.3, 0.4) is 0 Å². The summed E-state index contributed by atoms with van der Waals surface area (Å²) in [5.74, 6) is -1.34. The van der Waals surface area contributed by atoms with Crippen molar-refractivity contribution in [1.82, 2.24) is 24.8 Å². The molecule has 300 valence electrons. The zero-order chi connectivity index (χ0) is 40.8. The van der Waals surface area contributed by atoms with Crippen LogP contribution >= 0.6 is 0 Å². The van der Waals surface area contributed by atoms with E-state index in [1.807, 2.05) is 16.8 Å². The molecule has 0 aliphatic carbocycles. The van der Waals surface area contributed by atoms with Crippen LogP contribution in [-0.4, -0.2) is 107 Å². The van der Waals surface area contributed by atoms with Crippen molar-refractivity contribution in [1.29, 1.82) is 0 Å². The Balaban J connectivity index is 0.000000215. The summed E-state index contributed by atoms with van der Waals surface area (Å²) in [4.78, 5) is 45.3. The number of halogens is 6. The second kappa shape index (κ2) is 17.4. The first-order chi connectivity index (χ1) is 26.4. The lowest BCUT2D eigenvalue weighted by atomic mass is 10.0. The highest BCUT2D eigenvalue weighted by Gasteiger charge is 2.33. The molecule has 19 heteroatoms. The minimum Gasteiger partial charge on any atom is -0.481 e. The minimum atomic E-state index is -4.55. The third kappa shape index (κ3) is 10.5. The molecule has 4 aromatic rings. The molecule has 13 nitrogen and oxygen atoms in total. The molecule has 2 saturated heterocycles. The number of aryl methyl sites for hydroxylation is 2. The number of likely N-dealkylation sites (N-methyl/N-ethyl adjacent to an activating group) is 1. The van der Waals surface area contributed by atoms with Crippen LogP contribution in [-0.2, 0) is 21.9 Å². The highest BCUT2D eigenvalue weighted by molar-refractivity contribution is 5.76. The van der Waals surface area contributed by atoms with Gasteiger partial charge < -0.3 is 34.4 Å². The molecule has 0 bridgehead atoms. The van der Waals surface area contributed by atoms with Crippen LogP contribution in [0.15, 0.2) is 48.8 Å². The van der Waals surface area contributed by atoms with Gasteiger partial charge in [-0.1, -0.05) is 0 Å². The predicted octanol–water partition coefficient (Wildman–Crippen LogP) is 6.22. The van der Waals surface area contributed by atoms with Crippen molar-refractivity contribution < 1.29 is 55.6 Å². The fourth-order valence-electron chi connectivity index (χ4n) is 6.03. The molecule has 2 fully saturated rings. The molecule has 0 amide bonds. The summed E-state index contributed by atoms with van der Waals surface area (Å²) in [5.41, 5.74) is 0.180. The number of nitrogens with zero attached hydrogens (tertiary/aromatic N) is 7. The number of rotatable bonds is 10. The first-order valence-corrected chi connectivity index (χ1v) is 17.4. The van der Waals surface area contributed by atoms with Gasteiger partial charge in [-0.15, -0.1) is 0 Å². The van der Waals surface area contributed by atoms with Gasteiger partial charge in [0.2, 0.25) is 11.9 Å². The number of carbonyl (C=O) groups is 2. The lowest BCUT2D eigenvalue weighted by Crippen LogP contribution is -2.45. The van der Waals surface area contributed by atoms with Crippen molar-refractivity contribution in [3.8, 4) is 33.8 Å². The summed E-state index contributed by atoms with van der Waals surface area (Å²) in [6, 6.07) is 5.81. The van der Waals surface area contributed by atoms with Crippen molar-refractivity contribution in [2.45, 2.75) is 39.0 Å². The second-order valence-corrected chi connectivity index (χ2v) is 13.1. The first-order valence-electron chi connectivity index (χ1n) is 17.4. The Hall–Kier alpha value is -5.72. The molecule has 0 atom stereocenters. The van der Waals surface area contributed by atoms with Gasteiger partial charge in [-0.05, 0) is 70.1 Å². The van der Waals surface area contributed by atoms with Gasteiger partial charge in [0.15, 0.2) is 13.2 Å². The maximum absolute atomic E-state index is 13.2. The average Bonchev–Trinajstić information content (AvgIpc) is 3.68. The lowest BCUT2D eigenvalue weighted by Gasteiger charge is -2.32. The van der Waals surface area contributed by atoms with Crippen LogP contribution in [0.25, 0.3) is 22.3 Å². The molecule has 4 heterocycles. The summed E-state index contributed by atoms with van der Waals surface area (Å²) >= 11 is 0. The van der Waals surface area contributed by atoms with E-state index >= 15 is 0 Å². The summed E-state index contributed by atoms with van der Waals surface area (Å²) in [5, 5.41) is 17.6. The van der Waals surface area contributed by atoms with Crippen LogP contribution < -0.4 is 19.3 Å². The van der Waals surface area contributed by atoms with Crippen molar-refractivity contribution in [3.05, 3.63) is 71.3 Å². The van der Waals surface area contributed by atoms with E-state index in [2.05, 4.69) is 24.8 Å². The van der Waals surface area contributed by atoms with E-state index in [1.54, 1.807) is 13.8 Å². The molecule has 6 rings (SSSR count). The van der Waals surface area contributed by atoms with Crippen molar-refractivity contribution >= 4 is 23.8 Å². The summed E-state index contributed by atoms with van der Waals surface area (Å²) < 4.78 is 89.3. The molecule has 0 spiro atoms. The fraction of sp³-hybridized carbons (Fsp3) is 0.405. The zero-order valence-electron chi connectivity index (χ0n) is 30.6. The van der Waals surface area contributed by atoms with E-state index in [9.17, 15) is 35.9 Å². The number of carboxylic acid groups (broad SMARTS) is 2. The summed E-state index contributed by atoms with van der Waals surface area (Å²) in [6.07, 6.45) is -4.08. The van der Waals surface area contributed by atoms with Crippen LogP contribution in [0.5, 0.6) is 11.5 Å². The number of hydrogen-bond acceptors (Lipinski definition) is 11. The largest absolute Gasteiger partial charge is 0.481 e. The van der Waals surface area contributed by atoms with E-state index in [4.69, 9.17) is 19.7 Å². The summed E-state index contributed by atoms with van der Waals surface area (Å²) in [6.45, 7) is 6.95. The van der Waals surface area contributed by atoms with Gasteiger partial charge in [-0.3, -0.25) is 0 Å². The molecule has 56 heavy (non-hydrogen) atoms. The molecular weight excluding hydrogens is 752 g/mol. The number of benzene rings is 2. The number of aromatic nitrogens is 4. The maximum Gasteiger partial charge on any atom is 0.416 e. The van der Waals surface area contributed by atoms with Gasteiger partial charge in [0.05, 0.1) is 22.5 Å². The Morgan fingerprint density at radius 1 is 0.643 bits per heavy atom. The average molecular weight is 792 g/mol. The summed E-state index contributed by atoms with van der Waals surface area (Å²) in [7, 11) is 2.03. The monoisotopic (exact) mass is 791 g/mol. The number of hydrogen-bond donors (Lipinski definition) is 2. The molecule has 2 aliphatic rings. The Morgan fingerprint density at radius 3 is 1.39 bits per heavy atom. The Labute approximate surface area is 317 Å². The molecular formula is C37H39F6N7O6. The Kier molecular flexibility index (Phi) is 12.9. The third-order valence-electron chi connectivity index (χ3n) is 9.00. The first kappa shape index (κ1) is 41.4. The third-order valence-corrected chi connectivity index (χ3v) is 9.00. The number of alkyl halides is 6. The highest BCUT2D eigenvalue weighted by Crippen LogP contribution is 2.40. The maximum atomic E-state index is 13.2. The molecule has 0 saturated carbocycles.